The largest absolute Gasteiger partial charge is 0.383 e. The molecule has 0 aromatic heterocycles. The Balaban J connectivity index is 4.27. The number of aliphatic imine (C=N–C) groups is 1. The summed E-state index contributed by atoms with van der Waals surface area (Å²) in [5.41, 5.74) is 0.748. The van der Waals surface area contributed by atoms with Crippen molar-refractivity contribution < 1.29 is 8.78 Å². The topological polar surface area (TPSA) is 27.6 Å². The number of hydrogen-bond donors (Lipinski definition) is 1. The molecule has 0 fully saturated rings. The predicted molar refractivity (Wildman–Crippen MR) is 73.2 cm³/mol. The fraction of sp³-hybridized carbons (Fsp3) is 0.615. The van der Waals surface area contributed by atoms with E-state index in [4.69, 9.17) is 0 Å². The summed E-state index contributed by atoms with van der Waals surface area (Å²) in [5.74, 6) is 0. The molecule has 0 unspecified atom stereocenters. The van der Waals surface area contributed by atoms with Crippen molar-refractivity contribution in [2.45, 2.75) is 26.7 Å². The van der Waals surface area contributed by atoms with Crippen LogP contribution in [0.15, 0.2) is 29.0 Å². The Bertz CT molecular complexity index is 286. The Hall–Kier alpha value is -1.23. The molecule has 0 aliphatic carbocycles. The Labute approximate surface area is 108 Å². The molecule has 0 spiro atoms. The monoisotopic (exact) mass is 259 g/mol. The zero-order chi connectivity index (χ0) is 13.8. The Morgan fingerprint density at radius 3 is 2.67 bits per heavy atom. The number of hydrogen-bond acceptors (Lipinski definition) is 3. The van der Waals surface area contributed by atoms with Gasteiger partial charge in [0.25, 0.3) is 6.43 Å². The van der Waals surface area contributed by atoms with Gasteiger partial charge in [-0.15, -0.1) is 0 Å². The molecule has 0 heterocycles. The third-order valence-electron chi connectivity index (χ3n) is 2.31. The van der Waals surface area contributed by atoms with Gasteiger partial charge < -0.3 is 10.2 Å². The van der Waals surface area contributed by atoms with Crippen LogP contribution in [0.3, 0.4) is 0 Å². The van der Waals surface area contributed by atoms with Gasteiger partial charge in [-0.05, 0) is 26.1 Å². The summed E-state index contributed by atoms with van der Waals surface area (Å²) < 4.78 is 23.8. The van der Waals surface area contributed by atoms with Crippen molar-refractivity contribution in [2.24, 2.45) is 4.99 Å². The molecule has 0 radical (unpaired) electrons. The molecular weight excluding hydrogens is 236 g/mol. The van der Waals surface area contributed by atoms with Gasteiger partial charge in [-0.25, -0.2) is 8.78 Å². The maximum Gasteiger partial charge on any atom is 0.273 e. The lowest BCUT2D eigenvalue weighted by atomic mass is 10.3. The van der Waals surface area contributed by atoms with Gasteiger partial charge in [0.2, 0.25) is 0 Å². The fourth-order valence-corrected chi connectivity index (χ4v) is 1.13. The van der Waals surface area contributed by atoms with Gasteiger partial charge in [0.1, 0.15) is 0 Å². The first-order chi connectivity index (χ1) is 8.60. The Morgan fingerprint density at radius 1 is 1.39 bits per heavy atom. The van der Waals surface area contributed by atoms with Crippen LogP contribution in [0.2, 0.25) is 0 Å². The molecule has 0 atom stereocenters. The molecule has 0 rings (SSSR count). The van der Waals surface area contributed by atoms with Crippen LogP contribution in [-0.2, 0) is 0 Å². The average Bonchev–Trinajstić information content (AvgIpc) is 2.34. The summed E-state index contributed by atoms with van der Waals surface area (Å²) in [7, 11) is 2.03. The van der Waals surface area contributed by atoms with E-state index in [1.165, 1.54) is 6.20 Å². The predicted octanol–water partition coefficient (Wildman–Crippen LogP) is 2.67. The Kier molecular flexibility index (Phi) is 10.2. The lowest BCUT2D eigenvalue weighted by molar-refractivity contribution is 0.231. The van der Waals surface area contributed by atoms with E-state index < -0.39 is 6.43 Å². The number of likely N-dealkylation sites (N-methyl/N-ethyl adjacent to an activating group) is 1. The van der Waals surface area contributed by atoms with Crippen LogP contribution >= 0.6 is 0 Å². The number of nitrogens with one attached hydrogen (secondary N) is 1. The van der Waals surface area contributed by atoms with Crippen molar-refractivity contribution in [3.05, 3.63) is 24.0 Å². The molecule has 1 N–H and O–H groups in total. The van der Waals surface area contributed by atoms with Gasteiger partial charge in [0.15, 0.2) is 0 Å². The van der Waals surface area contributed by atoms with Gasteiger partial charge in [0, 0.05) is 19.3 Å². The lowest BCUT2D eigenvalue weighted by Gasteiger charge is -2.14. The molecule has 5 heteroatoms. The van der Waals surface area contributed by atoms with E-state index >= 15 is 0 Å². The molecule has 0 amide bonds. The second-order valence-electron chi connectivity index (χ2n) is 3.85. The molecule has 104 valence electrons. The summed E-state index contributed by atoms with van der Waals surface area (Å²) >= 11 is 0. The van der Waals surface area contributed by atoms with Gasteiger partial charge in [0.05, 0.1) is 11.9 Å². The highest BCUT2D eigenvalue weighted by molar-refractivity contribution is 5.61. The van der Waals surface area contributed by atoms with Crippen LogP contribution in [0.1, 0.15) is 20.3 Å². The Morgan fingerprint density at radius 2 is 2.11 bits per heavy atom. The summed E-state index contributed by atoms with van der Waals surface area (Å²) in [4.78, 5) is 5.74. The zero-order valence-electron chi connectivity index (χ0n) is 11.4. The minimum atomic E-state index is -2.51. The van der Waals surface area contributed by atoms with Crippen molar-refractivity contribution in [3.8, 4) is 0 Å². The fourth-order valence-electron chi connectivity index (χ4n) is 1.13. The summed E-state index contributed by atoms with van der Waals surface area (Å²) in [6.45, 7) is 6.73. The van der Waals surface area contributed by atoms with Crippen LogP contribution < -0.4 is 5.32 Å². The number of allylic oxidation sites excluding steroid dienone is 2. The van der Waals surface area contributed by atoms with E-state index in [2.05, 4.69) is 22.1 Å². The zero-order valence-corrected chi connectivity index (χ0v) is 11.4. The van der Waals surface area contributed by atoms with Crippen LogP contribution in [0.25, 0.3) is 0 Å². The van der Waals surface area contributed by atoms with Crippen LogP contribution in [0.5, 0.6) is 0 Å². The van der Waals surface area contributed by atoms with E-state index in [1.54, 1.807) is 0 Å². The maximum atomic E-state index is 11.9. The van der Waals surface area contributed by atoms with E-state index in [1.807, 2.05) is 26.1 Å². The van der Waals surface area contributed by atoms with Crippen molar-refractivity contribution >= 4 is 6.21 Å². The molecule has 3 nitrogen and oxygen atoms in total. The number of alkyl halides is 2. The smallest absolute Gasteiger partial charge is 0.273 e. The third-order valence-corrected chi connectivity index (χ3v) is 2.31. The lowest BCUT2D eigenvalue weighted by Crippen LogP contribution is -2.28. The molecule has 0 aliphatic heterocycles. The average molecular weight is 259 g/mol. The highest BCUT2D eigenvalue weighted by Crippen LogP contribution is 1.96. The molecular formula is C13H23F2N3. The van der Waals surface area contributed by atoms with E-state index in [0.29, 0.717) is 6.21 Å². The van der Waals surface area contributed by atoms with E-state index in [9.17, 15) is 8.78 Å². The van der Waals surface area contributed by atoms with Gasteiger partial charge in [-0.3, -0.25) is 4.99 Å². The SMILES string of the molecule is CC/C=C\C(=C/N=CC(F)F)NCCN(C)CC. The molecule has 0 aromatic rings. The molecule has 0 aliphatic rings. The number of rotatable bonds is 9. The molecule has 0 aromatic carbocycles. The second-order valence-corrected chi connectivity index (χ2v) is 3.85. The van der Waals surface area contributed by atoms with Crippen molar-refractivity contribution in [1.29, 1.82) is 0 Å². The summed E-state index contributed by atoms with van der Waals surface area (Å²) in [6, 6.07) is 0. The first kappa shape index (κ1) is 16.8. The van der Waals surface area contributed by atoms with Gasteiger partial charge in [-0.1, -0.05) is 19.9 Å². The van der Waals surface area contributed by atoms with E-state index in [0.717, 1.165) is 31.8 Å². The normalized spacial score (nSPS) is 13.4. The standard InChI is InChI=1S/C13H23F2N3/c1-4-6-7-12(10-16-11-13(14)15)17-8-9-18(3)5-2/h6-7,10-11,13,17H,4-5,8-9H2,1-3H3/b7-6-,12-10+,16-11?. The minimum absolute atomic E-state index is 0.625. The molecule has 18 heavy (non-hydrogen) atoms. The van der Waals surface area contributed by atoms with Gasteiger partial charge >= 0.3 is 0 Å². The summed E-state index contributed by atoms with van der Waals surface area (Å²) in [5, 5.41) is 3.17. The molecule has 0 bridgehead atoms. The van der Waals surface area contributed by atoms with E-state index in [-0.39, 0.29) is 0 Å². The van der Waals surface area contributed by atoms with Crippen LogP contribution in [0.4, 0.5) is 8.78 Å². The number of nitrogens with zero attached hydrogens (tertiary/aromatic N) is 2. The van der Waals surface area contributed by atoms with Crippen molar-refractivity contribution in [1.82, 2.24) is 10.2 Å². The first-order valence-corrected chi connectivity index (χ1v) is 6.20. The summed E-state index contributed by atoms with van der Waals surface area (Å²) in [6.07, 6.45) is 4.25. The quantitative estimate of drug-likeness (QED) is 0.509. The van der Waals surface area contributed by atoms with Crippen LogP contribution in [0, 0.1) is 0 Å². The third kappa shape index (κ3) is 9.96. The van der Waals surface area contributed by atoms with Crippen LogP contribution in [-0.4, -0.2) is 44.2 Å². The van der Waals surface area contributed by atoms with Gasteiger partial charge in [-0.2, -0.15) is 0 Å². The minimum Gasteiger partial charge on any atom is -0.383 e. The highest BCUT2D eigenvalue weighted by atomic mass is 19.3. The van der Waals surface area contributed by atoms with Crippen molar-refractivity contribution in [2.75, 3.05) is 26.7 Å². The highest BCUT2D eigenvalue weighted by Gasteiger charge is 1.96. The maximum absolute atomic E-state index is 11.9. The second kappa shape index (κ2) is 10.9. The molecule has 0 saturated heterocycles. The molecule has 0 saturated carbocycles. The number of halogens is 2. The van der Waals surface area contributed by atoms with Crippen molar-refractivity contribution in [3.63, 3.8) is 0 Å². The first-order valence-electron chi connectivity index (χ1n) is 6.20.